The van der Waals surface area contributed by atoms with Gasteiger partial charge in [-0.3, -0.25) is 9.10 Å². The van der Waals surface area contributed by atoms with Crippen LogP contribution in [-0.4, -0.2) is 26.6 Å². The number of halogens is 2. The standard InChI is InChI=1S/C24H24F2N2O3S/c1-16-8-7-11-19(14-16)23(18-9-5-4-6-10-18)27-24(29)17(2)28(32(3,30)31)20-12-13-21(25)22(26)15-20/h4-15,17,23H,1-3H3,(H,27,29). The summed E-state index contributed by atoms with van der Waals surface area (Å²) in [5.74, 6) is -2.90. The number of aryl methyl sites for hydroxylation is 1. The van der Waals surface area contributed by atoms with Gasteiger partial charge < -0.3 is 5.32 Å². The molecule has 0 heterocycles. The minimum Gasteiger partial charge on any atom is -0.343 e. The zero-order valence-electron chi connectivity index (χ0n) is 17.9. The third kappa shape index (κ3) is 5.31. The minimum atomic E-state index is -3.98. The molecular formula is C24H24F2N2O3S. The molecule has 0 saturated heterocycles. The van der Waals surface area contributed by atoms with Crippen molar-refractivity contribution in [2.75, 3.05) is 10.6 Å². The second-order valence-electron chi connectivity index (χ2n) is 7.60. The Morgan fingerprint density at radius 2 is 1.56 bits per heavy atom. The lowest BCUT2D eigenvalue weighted by molar-refractivity contribution is -0.122. The van der Waals surface area contributed by atoms with Gasteiger partial charge in [-0.25, -0.2) is 17.2 Å². The highest BCUT2D eigenvalue weighted by atomic mass is 32.2. The van der Waals surface area contributed by atoms with E-state index in [0.29, 0.717) is 0 Å². The van der Waals surface area contributed by atoms with E-state index in [1.165, 1.54) is 6.92 Å². The Balaban J connectivity index is 1.97. The van der Waals surface area contributed by atoms with Gasteiger partial charge in [-0.2, -0.15) is 0 Å². The van der Waals surface area contributed by atoms with Crippen LogP contribution in [0.15, 0.2) is 72.8 Å². The first-order valence-electron chi connectivity index (χ1n) is 9.94. The molecule has 3 aromatic rings. The fraction of sp³-hybridized carbons (Fsp3) is 0.208. The average molecular weight is 459 g/mol. The normalized spacial score (nSPS) is 13.3. The van der Waals surface area contributed by atoms with E-state index in [1.54, 1.807) is 0 Å². The third-order valence-electron chi connectivity index (χ3n) is 5.04. The second-order valence-corrected chi connectivity index (χ2v) is 9.46. The zero-order valence-corrected chi connectivity index (χ0v) is 18.7. The maximum Gasteiger partial charge on any atom is 0.244 e. The molecule has 32 heavy (non-hydrogen) atoms. The molecule has 0 aliphatic rings. The molecule has 0 aliphatic heterocycles. The zero-order chi connectivity index (χ0) is 23.5. The Labute approximate surface area is 186 Å². The first-order valence-corrected chi connectivity index (χ1v) is 11.8. The lowest BCUT2D eigenvalue weighted by Gasteiger charge is -2.30. The van der Waals surface area contributed by atoms with Crippen LogP contribution in [-0.2, 0) is 14.8 Å². The summed E-state index contributed by atoms with van der Waals surface area (Å²) in [4.78, 5) is 13.2. The molecule has 1 amide bonds. The van der Waals surface area contributed by atoms with E-state index < -0.39 is 39.6 Å². The van der Waals surface area contributed by atoms with Crippen LogP contribution < -0.4 is 9.62 Å². The quantitative estimate of drug-likeness (QED) is 0.573. The lowest BCUT2D eigenvalue weighted by Crippen LogP contribution is -2.48. The molecule has 0 aromatic heterocycles. The van der Waals surface area contributed by atoms with E-state index in [0.717, 1.165) is 45.5 Å². The van der Waals surface area contributed by atoms with Crippen molar-refractivity contribution in [1.29, 1.82) is 0 Å². The predicted molar refractivity (Wildman–Crippen MR) is 121 cm³/mol. The van der Waals surface area contributed by atoms with Crippen molar-refractivity contribution in [3.05, 3.63) is 101 Å². The number of benzene rings is 3. The fourth-order valence-corrected chi connectivity index (χ4v) is 4.71. The number of nitrogens with one attached hydrogen (secondary N) is 1. The van der Waals surface area contributed by atoms with E-state index in [9.17, 15) is 22.0 Å². The van der Waals surface area contributed by atoms with Crippen LogP contribution in [0.5, 0.6) is 0 Å². The molecule has 0 fully saturated rings. The molecule has 0 spiro atoms. The number of sulfonamides is 1. The van der Waals surface area contributed by atoms with Gasteiger partial charge in [-0.05, 0) is 37.1 Å². The Hall–Kier alpha value is -3.26. The molecule has 0 bridgehead atoms. The minimum absolute atomic E-state index is 0.138. The van der Waals surface area contributed by atoms with E-state index >= 15 is 0 Å². The van der Waals surface area contributed by atoms with E-state index in [-0.39, 0.29) is 5.69 Å². The van der Waals surface area contributed by atoms with Gasteiger partial charge in [-0.1, -0.05) is 60.2 Å². The molecule has 8 heteroatoms. The summed E-state index contributed by atoms with van der Waals surface area (Å²) in [6, 6.07) is 17.9. The van der Waals surface area contributed by atoms with Crippen LogP contribution in [0, 0.1) is 18.6 Å². The molecular weight excluding hydrogens is 434 g/mol. The summed E-state index contributed by atoms with van der Waals surface area (Å²) in [7, 11) is -3.98. The van der Waals surface area contributed by atoms with Gasteiger partial charge in [0.2, 0.25) is 15.9 Å². The summed E-state index contributed by atoms with van der Waals surface area (Å²) in [5, 5.41) is 2.91. The van der Waals surface area contributed by atoms with Crippen LogP contribution in [0.25, 0.3) is 0 Å². The van der Waals surface area contributed by atoms with E-state index in [2.05, 4.69) is 5.32 Å². The molecule has 2 unspecified atom stereocenters. The first kappa shape index (κ1) is 23.4. The number of hydrogen-bond acceptors (Lipinski definition) is 3. The van der Waals surface area contributed by atoms with Crippen molar-refractivity contribution in [3.8, 4) is 0 Å². The van der Waals surface area contributed by atoms with Gasteiger partial charge in [0.1, 0.15) is 6.04 Å². The first-order chi connectivity index (χ1) is 15.1. The molecule has 0 aliphatic carbocycles. The van der Waals surface area contributed by atoms with Crippen LogP contribution in [0.4, 0.5) is 14.5 Å². The van der Waals surface area contributed by atoms with Gasteiger partial charge >= 0.3 is 0 Å². The summed E-state index contributed by atoms with van der Waals surface area (Å²) in [5.41, 5.74) is 2.51. The summed E-state index contributed by atoms with van der Waals surface area (Å²) >= 11 is 0. The van der Waals surface area contributed by atoms with Crippen molar-refractivity contribution in [3.63, 3.8) is 0 Å². The number of carbonyl (C=O) groups is 1. The number of hydrogen-bond donors (Lipinski definition) is 1. The predicted octanol–water partition coefficient (Wildman–Crippen LogP) is 4.33. The number of nitrogens with zero attached hydrogens (tertiary/aromatic N) is 1. The fourth-order valence-electron chi connectivity index (χ4n) is 3.55. The molecule has 168 valence electrons. The van der Waals surface area contributed by atoms with Gasteiger partial charge in [0.05, 0.1) is 18.0 Å². The van der Waals surface area contributed by atoms with Crippen LogP contribution in [0.1, 0.15) is 29.7 Å². The van der Waals surface area contributed by atoms with Crippen LogP contribution in [0.2, 0.25) is 0 Å². The monoisotopic (exact) mass is 458 g/mol. The Morgan fingerprint density at radius 1 is 0.906 bits per heavy atom. The average Bonchev–Trinajstić information content (AvgIpc) is 2.74. The van der Waals surface area contributed by atoms with Crippen molar-refractivity contribution < 1.29 is 22.0 Å². The molecule has 5 nitrogen and oxygen atoms in total. The van der Waals surface area contributed by atoms with Crippen molar-refractivity contribution >= 4 is 21.6 Å². The highest BCUT2D eigenvalue weighted by molar-refractivity contribution is 7.92. The maximum absolute atomic E-state index is 13.8. The van der Waals surface area contributed by atoms with Crippen LogP contribution in [0.3, 0.4) is 0 Å². The highest BCUT2D eigenvalue weighted by Gasteiger charge is 2.31. The van der Waals surface area contributed by atoms with Crippen molar-refractivity contribution in [2.24, 2.45) is 0 Å². The maximum atomic E-state index is 13.8. The SMILES string of the molecule is Cc1cccc(C(NC(=O)C(C)N(c2ccc(F)c(F)c2)S(C)(=O)=O)c2ccccc2)c1. The Bertz CT molecular complexity index is 1220. The van der Waals surface area contributed by atoms with Gasteiger partial charge in [0.15, 0.2) is 11.6 Å². The van der Waals surface area contributed by atoms with Crippen molar-refractivity contribution in [1.82, 2.24) is 5.32 Å². The smallest absolute Gasteiger partial charge is 0.244 e. The molecule has 3 rings (SSSR count). The van der Waals surface area contributed by atoms with E-state index in [4.69, 9.17) is 0 Å². The number of carbonyl (C=O) groups excluding carboxylic acids is 1. The lowest BCUT2D eigenvalue weighted by atomic mass is 9.97. The molecule has 0 saturated carbocycles. The molecule has 3 aromatic carbocycles. The molecule has 1 N–H and O–H groups in total. The Kier molecular flexibility index (Phi) is 6.93. The van der Waals surface area contributed by atoms with Gasteiger partial charge in [0, 0.05) is 6.07 Å². The van der Waals surface area contributed by atoms with Gasteiger partial charge in [-0.15, -0.1) is 0 Å². The topological polar surface area (TPSA) is 66.5 Å². The Morgan fingerprint density at radius 3 is 2.16 bits per heavy atom. The van der Waals surface area contributed by atoms with Crippen LogP contribution >= 0.6 is 0 Å². The number of rotatable bonds is 7. The van der Waals surface area contributed by atoms with Gasteiger partial charge in [0.25, 0.3) is 0 Å². The molecule has 2 atom stereocenters. The van der Waals surface area contributed by atoms with E-state index in [1.807, 2.05) is 61.5 Å². The summed E-state index contributed by atoms with van der Waals surface area (Å²) in [6.45, 7) is 3.33. The summed E-state index contributed by atoms with van der Waals surface area (Å²) in [6.07, 6.45) is 0.910. The molecule has 0 radical (unpaired) electrons. The summed E-state index contributed by atoms with van der Waals surface area (Å²) < 4.78 is 52.9. The largest absolute Gasteiger partial charge is 0.343 e. The third-order valence-corrected chi connectivity index (χ3v) is 6.28. The number of anilines is 1. The van der Waals surface area contributed by atoms with Crippen molar-refractivity contribution in [2.45, 2.75) is 25.9 Å². The second kappa shape index (κ2) is 9.48. The number of amides is 1. The highest BCUT2D eigenvalue weighted by Crippen LogP contribution is 2.26.